The van der Waals surface area contributed by atoms with Crippen LogP contribution in [0.2, 0.25) is 0 Å². The van der Waals surface area contributed by atoms with Gasteiger partial charge in [-0.1, -0.05) is 20.8 Å². The predicted octanol–water partition coefficient (Wildman–Crippen LogP) is 3.81. The molecule has 0 N–H and O–H groups in total. The van der Waals surface area contributed by atoms with Gasteiger partial charge in [-0.15, -0.1) is 0 Å². The van der Waals surface area contributed by atoms with Gasteiger partial charge < -0.3 is 4.90 Å². The van der Waals surface area contributed by atoms with Gasteiger partial charge >= 0.3 is 0 Å². The molecule has 1 aliphatic heterocycles. The van der Waals surface area contributed by atoms with Crippen molar-refractivity contribution in [2.24, 2.45) is 17.3 Å². The monoisotopic (exact) mass is 293 g/mol. The number of nitrogens with zero attached hydrogens (tertiary/aromatic N) is 1. The minimum absolute atomic E-state index is 0.176. The van der Waals surface area contributed by atoms with Crippen LogP contribution < -0.4 is 0 Å². The molecule has 3 heteroatoms. The molecule has 21 heavy (non-hydrogen) atoms. The fraction of sp³-hybridized carbons (Fsp3) is 0.889. The molecule has 2 rings (SSSR count). The SMILES string of the molecule is CC(=O)CC1CCCN1C(=O)C1CCC(C(C)(C)C)CC1. The molecule has 0 bridgehead atoms. The first-order valence-corrected chi connectivity index (χ1v) is 8.59. The smallest absolute Gasteiger partial charge is 0.225 e. The third-order valence-corrected chi connectivity index (χ3v) is 5.48. The molecule has 2 aliphatic rings. The number of ketones is 1. The van der Waals surface area contributed by atoms with Crippen molar-refractivity contribution in [3.63, 3.8) is 0 Å². The molecule has 1 aliphatic carbocycles. The Labute approximate surface area is 129 Å². The average molecular weight is 293 g/mol. The highest BCUT2D eigenvalue weighted by molar-refractivity contribution is 5.81. The Morgan fingerprint density at radius 3 is 2.19 bits per heavy atom. The highest BCUT2D eigenvalue weighted by Gasteiger charge is 2.37. The number of Topliss-reactive ketones (excluding diaryl/α,β-unsaturated/α-hetero) is 1. The summed E-state index contributed by atoms with van der Waals surface area (Å²) < 4.78 is 0. The molecule has 0 aromatic carbocycles. The Hall–Kier alpha value is -0.860. The van der Waals surface area contributed by atoms with Gasteiger partial charge in [0, 0.05) is 24.9 Å². The van der Waals surface area contributed by atoms with Crippen molar-refractivity contribution < 1.29 is 9.59 Å². The molecule has 2 fully saturated rings. The van der Waals surface area contributed by atoms with Gasteiger partial charge in [-0.05, 0) is 56.8 Å². The van der Waals surface area contributed by atoms with E-state index in [4.69, 9.17) is 0 Å². The maximum Gasteiger partial charge on any atom is 0.225 e. The largest absolute Gasteiger partial charge is 0.339 e. The lowest BCUT2D eigenvalue weighted by molar-refractivity contribution is -0.138. The predicted molar refractivity (Wildman–Crippen MR) is 84.9 cm³/mol. The van der Waals surface area contributed by atoms with Crippen molar-refractivity contribution in [2.75, 3.05) is 6.54 Å². The van der Waals surface area contributed by atoms with E-state index in [1.807, 2.05) is 4.90 Å². The van der Waals surface area contributed by atoms with Crippen molar-refractivity contribution in [1.29, 1.82) is 0 Å². The maximum absolute atomic E-state index is 12.8. The van der Waals surface area contributed by atoms with Crippen molar-refractivity contribution >= 4 is 11.7 Å². The van der Waals surface area contributed by atoms with Crippen LogP contribution in [-0.2, 0) is 9.59 Å². The fourth-order valence-electron chi connectivity index (χ4n) is 4.11. The number of carbonyl (C=O) groups excluding carboxylic acids is 2. The lowest BCUT2D eigenvalue weighted by Crippen LogP contribution is -2.42. The van der Waals surface area contributed by atoms with Crippen molar-refractivity contribution in [2.45, 2.75) is 78.7 Å². The summed E-state index contributed by atoms with van der Waals surface area (Å²) in [6, 6.07) is 0.176. The van der Waals surface area contributed by atoms with Crippen molar-refractivity contribution in [1.82, 2.24) is 4.90 Å². The van der Waals surface area contributed by atoms with Gasteiger partial charge in [-0.25, -0.2) is 0 Å². The normalized spacial score (nSPS) is 30.5. The topological polar surface area (TPSA) is 37.4 Å². The quantitative estimate of drug-likeness (QED) is 0.793. The summed E-state index contributed by atoms with van der Waals surface area (Å²) in [5.41, 5.74) is 0.360. The first-order chi connectivity index (χ1) is 9.79. The molecule has 0 aromatic rings. The Balaban J connectivity index is 1.91. The molecule has 120 valence electrons. The molecule has 1 amide bonds. The fourth-order valence-corrected chi connectivity index (χ4v) is 4.11. The van der Waals surface area contributed by atoms with Gasteiger partial charge in [-0.3, -0.25) is 9.59 Å². The maximum atomic E-state index is 12.8. The second-order valence-electron chi connectivity index (χ2n) is 8.15. The van der Waals surface area contributed by atoms with Crippen LogP contribution in [-0.4, -0.2) is 29.2 Å². The average Bonchev–Trinajstić information content (AvgIpc) is 2.84. The number of carbonyl (C=O) groups is 2. The van der Waals surface area contributed by atoms with Crippen LogP contribution >= 0.6 is 0 Å². The van der Waals surface area contributed by atoms with Gasteiger partial charge in [0.05, 0.1) is 0 Å². The highest BCUT2D eigenvalue weighted by atomic mass is 16.2. The molecular formula is C18H31NO2. The Bertz CT molecular complexity index is 389. The molecule has 1 atom stereocenters. The number of likely N-dealkylation sites (tertiary alicyclic amines) is 1. The second-order valence-corrected chi connectivity index (χ2v) is 8.15. The van der Waals surface area contributed by atoms with Crippen LogP contribution in [0.15, 0.2) is 0 Å². The summed E-state index contributed by atoms with van der Waals surface area (Å²) in [4.78, 5) is 26.1. The first kappa shape index (κ1) is 16.5. The Kier molecular flexibility index (Phi) is 5.11. The molecule has 1 heterocycles. The van der Waals surface area contributed by atoms with E-state index in [0.717, 1.165) is 38.1 Å². The van der Waals surface area contributed by atoms with Crippen LogP contribution in [0.3, 0.4) is 0 Å². The van der Waals surface area contributed by atoms with Crippen molar-refractivity contribution in [3.05, 3.63) is 0 Å². The molecule has 3 nitrogen and oxygen atoms in total. The Morgan fingerprint density at radius 2 is 1.67 bits per heavy atom. The van der Waals surface area contributed by atoms with Gasteiger partial charge in [0.25, 0.3) is 0 Å². The van der Waals surface area contributed by atoms with E-state index in [1.54, 1.807) is 6.92 Å². The van der Waals surface area contributed by atoms with E-state index in [2.05, 4.69) is 20.8 Å². The summed E-state index contributed by atoms with van der Waals surface area (Å²) in [5.74, 6) is 1.48. The van der Waals surface area contributed by atoms with E-state index in [9.17, 15) is 9.59 Å². The van der Waals surface area contributed by atoms with E-state index in [0.29, 0.717) is 17.7 Å². The van der Waals surface area contributed by atoms with E-state index in [-0.39, 0.29) is 17.7 Å². The number of hydrogen-bond donors (Lipinski definition) is 0. The number of amides is 1. The zero-order valence-electron chi connectivity index (χ0n) is 14.2. The van der Waals surface area contributed by atoms with Crippen LogP contribution in [0.1, 0.15) is 72.6 Å². The number of rotatable bonds is 3. The standard InChI is InChI=1S/C18H31NO2/c1-13(20)12-16-6-5-11-19(16)17(21)14-7-9-15(10-8-14)18(2,3)4/h14-16H,5-12H2,1-4H3. The molecule has 0 spiro atoms. The van der Waals surface area contributed by atoms with Crippen LogP contribution in [0.25, 0.3) is 0 Å². The molecule has 0 radical (unpaired) electrons. The van der Waals surface area contributed by atoms with Crippen LogP contribution in [0, 0.1) is 17.3 Å². The lowest BCUT2D eigenvalue weighted by atomic mass is 9.69. The number of hydrogen-bond acceptors (Lipinski definition) is 2. The van der Waals surface area contributed by atoms with Gasteiger partial charge in [-0.2, -0.15) is 0 Å². The minimum Gasteiger partial charge on any atom is -0.339 e. The summed E-state index contributed by atoms with van der Waals surface area (Å²) in [6.07, 6.45) is 7.01. The summed E-state index contributed by atoms with van der Waals surface area (Å²) >= 11 is 0. The van der Waals surface area contributed by atoms with Gasteiger partial charge in [0.2, 0.25) is 5.91 Å². The van der Waals surface area contributed by atoms with Crippen molar-refractivity contribution in [3.8, 4) is 0 Å². The zero-order valence-corrected chi connectivity index (χ0v) is 14.2. The molecule has 1 saturated carbocycles. The summed E-state index contributed by atoms with van der Waals surface area (Å²) in [5, 5.41) is 0. The summed E-state index contributed by atoms with van der Waals surface area (Å²) in [6.45, 7) is 9.42. The lowest BCUT2D eigenvalue weighted by Gasteiger charge is -2.38. The van der Waals surface area contributed by atoms with Gasteiger partial charge in [0.1, 0.15) is 5.78 Å². The third-order valence-electron chi connectivity index (χ3n) is 5.48. The molecule has 1 unspecified atom stereocenters. The Morgan fingerprint density at radius 1 is 1.05 bits per heavy atom. The minimum atomic E-state index is 0.176. The molecule has 1 saturated heterocycles. The second kappa shape index (κ2) is 6.50. The van der Waals surface area contributed by atoms with Gasteiger partial charge in [0.15, 0.2) is 0 Å². The zero-order chi connectivity index (χ0) is 15.6. The highest BCUT2D eigenvalue weighted by Crippen LogP contribution is 2.40. The van der Waals surface area contributed by atoms with E-state index in [1.165, 1.54) is 12.8 Å². The third kappa shape index (κ3) is 4.08. The van der Waals surface area contributed by atoms with Crippen LogP contribution in [0.4, 0.5) is 0 Å². The summed E-state index contributed by atoms with van der Waals surface area (Å²) in [7, 11) is 0. The van der Waals surface area contributed by atoms with E-state index >= 15 is 0 Å². The van der Waals surface area contributed by atoms with Crippen LogP contribution in [0.5, 0.6) is 0 Å². The molecular weight excluding hydrogens is 262 g/mol. The first-order valence-electron chi connectivity index (χ1n) is 8.59. The van der Waals surface area contributed by atoms with E-state index < -0.39 is 0 Å². The molecule has 0 aromatic heterocycles.